The molecule has 0 aliphatic carbocycles. The van der Waals surface area contributed by atoms with Gasteiger partial charge in [0.2, 0.25) is 0 Å². The van der Waals surface area contributed by atoms with Crippen molar-refractivity contribution in [3.05, 3.63) is 34.6 Å². The van der Waals surface area contributed by atoms with Crippen molar-refractivity contribution in [2.24, 2.45) is 0 Å². The van der Waals surface area contributed by atoms with Gasteiger partial charge < -0.3 is 0 Å². The van der Waals surface area contributed by atoms with E-state index in [0.29, 0.717) is 0 Å². The van der Waals surface area contributed by atoms with Crippen LogP contribution in [0.1, 0.15) is 34.8 Å². The molecule has 0 saturated heterocycles. The molecule has 0 bridgehead atoms. The molecule has 0 atom stereocenters. The molecule has 0 radical (unpaired) electrons. The topological polar surface area (TPSA) is 40.9 Å². The van der Waals surface area contributed by atoms with E-state index in [4.69, 9.17) is 5.26 Å². The average Bonchev–Trinajstić information content (AvgIpc) is 2.16. The minimum Gasteiger partial charge on any atom is -0.294 e. The molecule has 15 heavy (non-hydrogen) atoms. The molecule has 1 aromatic rings. The summed E-state index contributed by atoms with van der Waals surface area (Å²) in [4.78, 5) is 11.1. The van der Waals surface area contributed by atoms with E-state index in [2.05, 4.69) is 0 Å². The van der Waals surface area contributed by atoms with Crippen LogP contribution in [0.5, 0.6) is 0 Å². The van der Waals surface area contributed by atoms with E-state index >= 15 is 0 Å². The van der Waals surface area contributed by atoms with Crippen molar-refractivity contribution >= 4 is 5.78 Å². The Kier molecular flexibility index (Phi) is 3.10. The van der Waals surface area contributed by atoms with Gasteiger partial charge in [0.25, 0.3) is 6.43 Å². The van der Waals surface area contributed by atoms with Gasteiger partial charge in [0.1, 0.15) is 11.9 Å². The second-order valence-corrected chi connectivity index (χ2v) is 2.86. The van der Waals surface area contributed by atoms with Gasteiger partial charge >= 0.3 is 0 Å². The highest BCUT2D eigenvalue weighted by molar-refractivity contribution is 5.98. The van der Waals surface area contributed by atoms with Gasteiger partial charge in [-0.25, -0.2) is 13.2 Å². The Balaban J connectivity index is 3.58. The smallest absolute Gasteiger partial charge is 0.264 e. The van der Waals surface area contributed by atoms with Crippen molar-refractivity contribution in [3.63, 3.8) is 0 Å². The van der Waals surface area contributed by atoms with Crippen molar-refractivity contribution in [2.45, 2.75) is 13.3 Å². The number of hydrogen-bond donors (Lipinski definition) is 0. The van der Waals surface area contributed by atoms with Crippen LogP contribution in [0.15, 0.2) is 12.1 Å². The minimum atomic E-state index is -2.91. The zero-order valence-corrected chi connectivity index (χ0v) is 7.72. The molecule has 0 spiro atoms. The van der Waals surface area contributed by atoms with Crippen molar-refractivity contribution < 1.29 is 18.0 Å². The summed E-state index contributed by atoms with van der Waals surface area (Å²) < 4.78 is 37.9. The summed E-state index contributed by atoms with van der Waals surface area (Å²) in [6.45, 7) is 1.02. The van der Waals surface area contributed by atoms with Crippen molar-refractivity contribution in [1.82, 2.24) is 0 Å². The highest BCUT2D eigenvalue weighted by Crippen LogP contribution is 2.27. The van der Waals surface area contributed by atoms with Crippen LogP contribution in [0.25, 0.3) is 0 Å². The molecule has 0 aliphatic rings. The highest BCUT2D eigenvalue weighted by atomic mass is 19.3. The van der Waals surface area contributed by atoms with Crippen LogP contribution in [0.3, 0.4) is 0 Å². The van der Waals surface area contributed by atoms with Gasteiger partial charge in [-0.3, -0.25) is 4.79 Å². The van der Waals surface area contributed by atoms with Crippen LogP contribution in [0.2, 0.25) is 0 Å². The van der Waals surface area contributed by atoms with Crippen molar-refractivity contribution in [2.75, 3.05) is 0 Å². The zero-order valence-electron chi connectivity index (χ0n) is 7.72. The Labute approximate surface area is 83.9 Å². The Hall–Kier alpha value is -1.83. The number of carbonyl (C=O) groups is 1. The van der Waals surface area contributed by atoms with Gasteiger partial charge in [-0.1, -0.05) is 0 Å². The number of Topliss-reactive ketones (excluding diaryl/α,β-unsaturated/α-hetero) is 1. The minimum absolute atomic E-state index is 0.535. The lowest BCUT2D eigenvalue weighted by atomic mass is 9.98. The average molecular weight is 213 g/mol. The van der Waals surface area contributed by atoms with Gasteiger partial charge in [-0.2, -0.15) is 5.26 Å². The van der Waals surface area contributed by atoms with Crippen LogP contribution < -0.4 is 0 Å². The molecule has 0 saturated carbocycles. The lowest BCUT2D eigenvalue weighted by Gasteiger charge is -2.07. The number of ketones is 1. The third-order valence-corrected chi connectivity index (χ3v) is 1.89. The first-order chi connectivity index (χ1) is 6.99. The molecule has 0 unspecified atom stereocenters. The quantitative estimate of drug-likeness (QED) is 0.708. The van der Waals surface area contributed by atoms with Crippen LogP contribution >= 0.6 is 0 Å². The summed E-state index contributed by atoms with van der Waals surface area (Å²) in [6, 6.07) is 2.98. The first kappa shape index (κ1) is 11.2. The van der Waals surface area contributed by atoms with Gasteiger partial charge in [0, 0.05) is 11.1 Å². The molecular formula is C10H6F3NO. The molecule has 0 aliphatic heterocycles. The second kappa shape index (κ2) is 4.13. The molecule has 78 valence electrons. The molecule has 2 nitrogen and oxygen atoms in total. The first-order valence-electron chi connectivity index (χ1n) is 4.00. The van der Waals surface area contributed by atoms with Gasteiger partial charge in [0.05, 0.1) is 5.56 Å². The maximum absolute atomic E-state index is 13.0. The molecule has 1 rings (SSSR count). The highest BCUT2D eigenvalue weighted by Gasteiger charge is 2.22. The predicted molar refractivity (Wildman–Crippen MR) is 46.1 cm³/mol. The number of rotatable bonds is 2. The summed E-state index contributed by atoms with van der Waals surface area (Å²) in [5.41, 5.74) is -1.77. The fourth-order valence-corrected chi connectivity index (χ4v) is 1.26. The summed E-state index contributed by atoms with van der Waals surface area (Å²) in [5, 5.41) is 8.57. The number of benzene rings is 1. The van der Waals surface area contributed by atoms with Crippen molar-refractivity contribution in [3.8, 4) is 6.07 Å². The molecule has 1 aromatic carbocycles. The number of hydrogen-bond acceptors (Lipinski definition) is 2. The fraction of sp³-hybridized carbons (Fsp3) is 0.200. The Bertz CT molecular complexity index is 449. The number of halogens is 3. The lowest BCUT2D eigenvalue weighted by molar-refractivity contribution is 0.0998. The van der Waals surface area contributed by atoms with Gasteiger partial charge in [0.15, 0.2) is 5.78 Å². The Morgan fingerprint density at radius 2 is 2.07 bits per heavy atom. The van der Waals surface area contributed by atoms with Crippen LogP contribution in [-0.4, -0.2) is 5.78 Å². The van der Waals surface area contributed by atoms with E-state index in [1.165, 1.54) is 6.07 Å². The van der Waals surface area contributed by atoms with Crippen molar-refractivity contribution in [1.29, 1.82) is 5.26 Å². The molecule has 5 heteroatoms. The van der Waals surface area contributed by atoms with E-state index in [-0.39, 0.29) is 0 Å². The van der Waals surface area contributed by atoms with E-state index in [1.54, 1.807) is 0 Å². The van der Waals surface area contributed by atoms with E-state index in [0.717, 1.165) is 19.1 Å². The summed E-state index contributed by atoms with van der Waals surface area (Å²) in [7, 11) is 0. The molecule has 0 N–H and O–H groups in total. The lowest BCUT2D eigenvalue weighted by Crippen LogP contribution is -2.05. The normalized spacial score (nSPS) is 10.1. The summed E-state index contributed by atoms with van der Waals surface area (Å²) >= 11 is 0. The summed E-state index contributed by atoms with van der Waals surface area (Å²) in [6.07, 6.45) is -2.91. The van der Waals surface area contributed by atoms with E-state index in [9.17, 15) is 18.0 Å². The van der Waals surface area contributed by atoms with Crippen LogP contribution in [-0.2, 0) is 0 Å². The monoisotopic (exact) mass is 213 g/mol. The largest absolute Gasteiger partial charge is 0.294 e. The zero-order chi connectivity index (χ0) is 11.6. The number of nitriles is 1. The van der Waals surface area contributed by atoms with Gasteiger partial charge in [-0.15, -0.1) is 0 Å². The molecule has 0 fully saturated rings. The van der Waals surface area contributed by atoms with E-state index in [1.807, 2.05) is 0 Å². The molecule has 0 amide bonds. The fourth-order valence-electron chi connectivity index (χ4n) is 1.26. The number of alkyl halides is 2. The third-order valence-electron chi connectivity index (χ3n) is 1.89. The number of carbonyl (C=O) groups excluding carboxylic acids is 1. The molecule has 0 heterocycles. The maximum atomic E-state index is 13.0. The molecule has 0 aromatic heterocycles. The van der Waals surface area contributed by atoms with Gasteiger partial charge in [-0.05, 0) is 19.1 Å². The van der Waals surface area contributed by atoms with Crippen LogP contribution in [0.4, 0.5) is 13.2 Å². The predicted octanol–water partition coefficient (Wildman–Crippen LogP) is 2.84. The maximum Gasteiger partial charge on any atom is 0.264 e. The standard InChI is InChI=1S/C10H6F3NO/c1-5(15)9-6(10(12)13)2-3-8(11)7(9)4-14/h2-3,10H,1H3. The molecular weight excluding hydrogens is 207 g/mol. The third kappa shape index (κ3) is 1.99. The Morgan fingerprint density at radius 1 is 1.47 bits per heavy atom. The van der Waals surface area contributed by atoms with Crippen LogP contribution in [0, 0.1) is 17.1 Å². The SMILES string of the molecule is CC(=O)c1c(C(F)F)ccc(F)c1C#N. The first-order valence-corrected chi connectivity index (χ1v) is 4.00. The number of nitrogens with zero attached hydrogens (tertiary/aromatic N) is 1. The van der Waals surface area contributed by atoms with E-state index < -0.39 is 34.7 Å². The Morgan fingerprint density at radius 3 is 2.47 bits per heavy atom. The summed E-state index contributed by atoms with van der Waals surface area (Å²) in [5.74, 6) is -1.71. The second-order valence-electron chi connectivity index (χ2n) is 2.86.